The Morgan fingerprint density at radius 1 is 1.07 bits per heavy atom. The van der Waals surface area contributed by atoms with Crippen molar-refractivity contribution in [2.45, 2.75) is 26.7 Å². The Hall–Kier alpha value is -2.92. The van der Waals surface area contributed by atoms with Crippen LogP contribution in [-0.4, -0.2) is 18.2 Å². The summed E-state index contributed by atoms with van der Waals surface area (Å²) < 4.78 is 5.58. The predicted octanol–water partition coefficient (Wildman–Crippen LogP) is 5.70. The molecule has 0 radical (unpaired) electrons. The number of amidine groups is 1. The molecule has 4 rings (SSSR count). The van der Waals surface area contributed by atoms with Crippen LogP contribution in [0.1, 0.15) is 48.3 Å². The van der Waals surface area contributed by atoms with E-state index in [2.05, 4.69) is 43.5 Å². The molecule has 28 heavy (non-hydrogen) atoms. The van der Waals surface area contributed by atoms with Gasteiger partial charge in [-0.05, 0) is 66.2 Å². The van der Waals surface area contributed by atoms with Crippen LogP contribution < -0.4 is 10.2 Å². The molecule has 5 heteroatoms. The number of thiophene rings is 1. The Bertz CT molecular complexity index is 1020. The molecule has 2 heterocycles. The van der Waals surface area contributed by atoms with Crippen LogP contribution in [0, 0.1) is 0 Å². The molecule has 0 spiro atoms. The Morgan fingerprint density at radius 3 is 2.57 bits per heavy atom. The predicted molar refractivity (Wildman–Crippen MR) is 117 cm³/mol. The largest absolute Gasteiger partial charge is 0.494 e. The van der Waals surface area contributed by atoms with Crippen molar-refractivity contribution in [2.75, 3.05) is 6.61 Å². The van der Waals surface area contributed by atoms with Gasteiger partial charge in [0, 0.05) is 11.1 Å². The summed E-state index contributed by atoms with van der Waals surface area (Å²) in [5.41, 5.74) is 8.33. The Balaban J connectivity index is 1.82. The average Bonchev–Trinajstić information content (AvgIpc) is 3.17. The molecule has 1 N–H and O–H groups in total. The number of hydrazone groups is 1. The molecule has 4 nitrogen and oxygen atoms in total. The summed E-state index contributed by atoms with van der Waals surface area (Å²) in [6, 6.07) is 18.6. The average molecular weight is 390 g/mol. The molecule has 0 saturated heterocycles. The fourth-order valence-corrected chi connectivity index (χ4v) is 3.80. The number of benzene rings is 2. The van der Waals surface area contributed by atoms with Crippen molar-refractivity contribution in [1.82, 2.24) is 5.43 Å². The molecule has 0 fully saturated rings. The van der Waals surface area contributed by atoms with Crippen LogP contribution in [0.5, 0.6) is 5.75 Å². The van der Waals surface area contributed by atoms with E-state index in [0.29, 0.717) is 12.5 Å². The number of aliphatic imine (C=N–C) groups is 1. The molecular formula is C23H23N3OS. The van der Waals surface area contributed by atoms with E-state index in [9.17, 15) is 0 Å². The minimum absolute atomic E-state index is 0.434. The number of fused-ring (bicyclic) bond motifs is 1. The van der Waals surface area contributed by atoms with Crippen molar-refractivity contribution < 1.29 is 4.74 Å². The van der Waals surface area contributed by atoms with Gasteiger partial charge in [0.1, 0.15) is 5.75 Å². The van der Waals surface area contributed by atoms with Gasteiger partial charge in [0.25, 0.3) is 0 Å². The quantitative estimate of drug-likeness (QED) is 0.608. The highest BCUT2D eigenvalue weighted by atomic mass is 32.1. The Kier molecular flexibility index (Phi) is 5.26. The molecule has 3 aromatic rings. The van der Waals surface area contributed by atoms with Gasteiger partial charge in [-0.25, -0.2) is 4.99 Å². The highest BCUT2D eigenvalue weighted by Gasteiger charge is 2.19. The lowest BCUT2D eigenvalue weighted by Gasteiger charge is -2.12. The van der Waals surface area contributed by atoms with E-state index < -0.39 is 0 Å². The van der Waals surface area contributed by atoms with Crippen LogP contribution >= 0.6 is 11.3 Å². The van der Waals surface area contributed by atoms with Gasteiger partial charge in [-0.15, -0.1) is 11.3 Å². The minimum atomic E-state index is 0.434. The summed E-state index contributed by atoms with van der Waals surface area (Å²) in [4.78, 5) is 5.95. The number of hydrogen-bond acceptors (Lipinski definition) is 5. The van der Waals surface area contributed by atoms with Gasteiger partial charge in [-0.1, -0.05) is 26.0 Å². The first-order chi connectivity index (χ1) is 13.7. The first kappa shape index (κ1) is 18.4. The molecular weight excluding hydrogens is 366 g/mol. The number of nitrogens with one attached hydrogen (secondary N) is 1. The summed E-state index contributed by atoms with van der Waals surface area (Å²) in [6.45, 7) is 7.04. The van der Waals surface area contributed by atoms with E-state index in [-0.39, 0.29) is 0 Å². The third kappa shape index (κ3) is 3.71. The zero-order chi connectivity index (χ0) is 19.5. The van der Waals surface area contributed by atoms with Crippen molar-refractivity contribution in [3.05, 3.63) is 81.5 Å². The molecule has 1 aromatic heterocycles. The number of nitrogens with zero attached hydrogens (tertiary/aromatic N) is 2. The standard InChI is InChI=1S/C23H23N3OS/c1-4-27-18-10-7-16(8-11-18)22-19-14-17(15(2)3)9-12-20(19)24-23(26-25-22)21-6-5-13-28-21/h5-15H,4H2,1-3H3,(H,24,26). The van der Waals surface area contributed by atoms with Crippen LogP contribution in [0.4, 0.5) is 5.69 Å². The van der Waals surface area contributed by atoms with E-state index in [0.717, 1.165) is 39.0 Å². The lowest BCUT2D eigenvalue weighted by atomic mass is 9.95. The lowest BCUT2D eigenvalue weighted by Crippen LogP contribution is -2.18. The molecule has 1 aliphatic heterocycles. The molecule has 0 unspecified atom stereocenters. The van der Waals surface area contributed by atoms with E-state index in [1.807, 2.05) is 42.6 Å². The van der Waals surface area contributed by atoms with Crippen molar-refractivity contribution in [3.8, 4) is 5.75 Å². The molecule has 2 aromatic carbocycles. The highest BCUT2D eigenvalue weighted by Crippen LogP contribution is 2.30. The van der Waals surface area contributed by atoms with Gasteiger partial charge in [0.2, 0.25) is 0 Å². The Morgan fingerprint density at radius 2 is 1.89 bits per heavy atom. The van der Waals surface area contributed by atoms with Crippen LogP contribution in [-0.2, 0) is 0 Å². The summed E-state index contributed by atoms with van der Waals surface area (Å²) in [5.74, 6) is 2.07. The van der Waals surface area contributed by atoms with Gasteiger partial charge < -0.3 is 4.74 Å². The van der Waals surface area contributed by atoms with Crippen LogP contribution in [0.3, 0.4) is 0 Å². The maximum Gasteiger partial charge on any atom is 0.164 e. The zero-order valence-electron chi connectivity index (χ0n) is 16.3. The second-order valence-corrected chi connectivity index (χ2v) is 7.85. The lowest BCUT2D eigenvalue weighted by molar-refractivity contribution is 0.340. The minimum Gasteiger partial charge on any atom is -0.494 e. The molecule has 0 saturated carbocycles. The molecule has 0 atom stereocenters. The monoisotopic (exact) mass is 389 g/mol. The topological polar surface area (TPSA) is 46.0 Å². The summed E-state index contributed by atoms with van der Waals surface area (Å²) in [6.07, 6.45) is 0. The normalized spacial score (nSPS) is 13.3. The molecule has 1 aliphatic rings. The van der Waals surface area contributed by atoms with Crippen LogP contribution in [0.15, 0.2) is 70.1 Å². The first-order valence-electron chi connectivity index (χ1n) is 9.49. The smallest absolute Gasteiger partial charge is 0.164 e. The summed E-state index contributed by atoms with van der Waals surface area (Å²) in [7, 11) is 0. The second kappa shape index (κ2) is 7.98. The van der Waals surface area contributed by atoms with E-state index >= 15 is 0 Å². The van der Waals surface area contributed by atoms with Crippen molar-refractivity contribution in [1.29, 1.82) is 0 Å². The van der Waals surface area contributed by atoms with Crippen molar-refractivity contribution in [2.24, 2.45) is 10.1 Å². The van der Waals surface area contributed by atoms with E-state index in [1.165, 1.54) is 5.56 Å². The second-order valence-electron chi connectivity index (χ2n) is 6.90. The van der Waals surface area contributed by atoms with Gasteiger partial charge in [0.15, 0.2) is 5.84 Å². The summed E-state index contributed by atoms with van der Waals surface area (Å²) >= 11 is 1.65. The van der Waals surface area contributed by atoms with Gasteiger partial charge >= 0.3 is 0 Å². The van der Waals surface area contributed by atoms with Crippen LogP contribution in [0.25, 0.3) is 0 Å². The molecule has 142 valence electrons. The maximum atomic E-state index is 5.58. The summed E-state index contributed by atoms with van der Waals surface area (Å²) in [5, 5.41) is 6.80. The van der Waals surface area contributed by atoms with Gasteiger partial charge in [0.05, 0.1) is 22.9 Å². The molecule has 0 amide bonds. The Labute approximate surface area is 169 Å². The third-order valence-electron chi connectivity index (χ3n) is 4.64. The first-order valence-corrected chi connectivity index (χ1v) is 10.4. The molecule has 0 bridgehead atoms. The fraction of sp³-hybridized carbons (Fsp3) is 0.217. The van der Waals surface area contributed by atoms with E-state index in [4.69, 9.17) is 14.8 Å². The fourth-order valence-electron chi connectivity index (χ4n) is 3.13. The van der Waals surface area contributed by atoms with E-state index in [1.54, 1.807) is 11.3 Å². The number of hydrogen-bond donors (Lipinski definition) is 1. The third-order valence-corrected chi connectivity index (χ3v) is 5.52. The molecule has 0 aliphatic carbocycles. The SMILES string of the molecule is CCOc1ccc(C2=NNC(c3cccs3)=Nc3ccc(C(C)C)cc32)cc1. The van der Waals surface area contributed by atoms with Crippen molar-refractivity contribution >= 4 is 28.6 Å². The maximum absolute atomic E-state index is 5.58. The number of rotatable bonds is 5. The van der Waals surface area contributed by atoms with Gasteiger partial charge in [-0.2, -0.15) is 5.10 Å². The zero-order valence-corrected chi connectivity index (χ0v) is 17.1. The van der Waals surface area contributed by atoms with Crippen LogP contribution in [0.2, 0.25) is 0 Å². The number of ether oxygens (including phenoxy) is 1. The highest BCUT2D eigenvalue weighted by molar-refractivity contribution is 7.12. The van der Waals surface area contributed by atoms with Crippen molar-refractivity contribution in [3.63, 3.8) is 0 Å². The van der Waals surface area contributed by atoms with Gasteiger partial charge in [-0.3, -0.25) is 5.43 Å².